The zero-order valence-corrected chi connectivity index (χ0v) is 13.8. The maximum atomic E-state index is 12.8. The molecule has 2 rings (SSSR count). The van der Waals surface area contributed by atoms with Gasteiger partial charge in [0, 0.05) is 40.9 Å². The van der Waals surface area contributed by atoms with Crippen LogP contribution in [0.2, 0.25) is 0 Å². The van der Waals surface area contributed by atoms with E-state index in [1.54, 1.807) is 11.3 Å². The minimum Gasteiger partial charge on any atom is -0.311 e. The lowest BCUT2D eigenvalue weighted by Crippen LogP contribution is -2.28. The van der Waals surface area contributed by atoms with Crippen molar-refractivity contribution in [3.63, 3.8) is 0 Å². The van der Waals surface area contributed by atoms with E-state index in [1.807, 2.05) is 12.1 Å². The van der Waals surface area contributed by atoms with E-state index < -0.39 is 0 Å². The molecule has 1 N–H and O–H groups in total. The molecule has 0 aliphatic heterocycles. The standard InChI is InChI=1S/C15H18BrFN2S/c1-19(10-12-2-4-14(17)5-3-12)7-6-18-9-15-8-13(16)11-20-15/h2-5,8,11,18H,6-7,9-10H2,1H3. The number of benzene rings is 1. The van der Waals surface area contributed by atoms with Crippen molar-refractivity contribution in [3.05, 3.63) is 56.4 Å². The van der Waals surface area contributed by atoms with Crippen molar-refractivity contribution >= 4 is 27.3 Å². The Bertz CT molecular complexity index is 527. The van der Waals surface area contributed by atoms with Crippen LogP contribution in [-0.2, 0) is 13.1 Å². The van der Waals surface area contributed by atoms with E-state index in [-0.39, 0.29) is 5.82 Å². The first-order chi connectivity index (χ1) is 9.63. The van der Waals surface area contributed by atoms with Crippen LogP contribution in [0.15, 0.2) is 40.2 Å². The van der Waals surface area contributed by atoms with Crippen LogP contribution >= 0.6 is 27.3 Å². The zero-order valence-electron chi connectivity index (χ0n) is 11.4. The lowest BCUT2D eigenvalue weighted by Gasteiger charge is -2.16. The summed E-state index contributed by atoms with van der Waals surface area (Å²) in [5, 5.41) is 5.52. The van der Waals surface area contributed by atoms with Gasteiger partial charge < -0.3 is 10.2 Å². The summed E-state index contributed by atoms with van der Waals surface area (Å²) >= 11 is 5.21. The number of nitrogens with zero attached hydrogens (tertiary/aromatic N) is 1. The average molecular weight is 357 g/mol. The van der Waals surface area contributed by atoms with Gasteiger partial charge in [0.15, 0.2) is 0 Å². The van der Waals surface area contributed by atoms with Crippen LogP contribution in [0.4, 0.5) is 4.39 Å². The Morgan fingerprint density at radius 2 is 2.05 bits per heavy atom. The molecule has 2 aromatic rings. The van der Waals surface area contributed by atoms with Crippen LogP contribution in [0.25, 0.3) is 0 Å². The summed E-state index contributed by atoms with van der Waals surface area (Å²) in [5.41, 5.74) is 1.14. The monoisotopic (exact) mass is 356 g/mol. The van der Waals surface area contributed by atoms with Crippen molar-refractivity contribution in [2.24, 2.45) is 0 Å². The van der Waals surface area contributed by atoms with Gasteiger partial charge in [0.1, 0.15) is 5.82 Å². The summed E-state index contributed by atoms with van der Waals surface area (Å²) in [6.07, 6.45) is 0. The van der Waals surface area contributed by atoms with Gasteiger partial charge in [-0.3, -0.25) is 0 Å². The molecule has 0 spiro atoms. The maximum Gasteiger partial charge on any atom is 0.123 e. The van der Waals surface area contributed by atoms with Gasteiger partial charge in [-0.1, -0.05) is 12.1 Å². The molecule has 5 heteroatoms. The Labute approximate surface area is 131 Å². The first-order valence-corrected chi connectivity index (χ1v) is 8.17. The largest absolute Gasteiger partial charge is 0.311 e. The van der Waals surface area contributed by atoms with Gasteiger partial charge in [-0.25, -0.2) is 4.39 Å². The smallest absolute Gasteiger partial charge is 0.123 e. The quantitative estimate of drug-likeness (QED) is 0.757. The number of rotatable bonds is 7. The third kappa shape index (κ3) is 5.32. The lowest BCUT2D eigenvalue weighted by molar-refractivity contribution is 0.324. The minimum atomic E-state index is -0.180. The van der Waals surface area contributed by atoms with Crippen molar-refractivity contribution in [3.8, 4) is 0 Å². The summed E-state index contributed by atoms with van der Waals surface area (Å²) in [4.78, 5) is 3.56. The third-order valence-electron chi connectivity index (χ3n) is 2.96. The highest BCUT2D eigenvalue weighted by atomic mass is 79.9. The van der Waals surface area contributed by atoms with Gasteiger partial charge in [0.2, 0.25) is 0 Å². The molecule has 20 heavy (non-hydrogen) atoms. The molecule has 0 saturated carbocycles. The molecule has 0 saturated heterocycles. The van der Waals surface area contributed by atoms with Crippen molar-refractivity contribution in [2.75, 3.05) is 20.1 Å². The number of hydrogen-bond donors (Lipinski definition) is 1. The van der Waals surface area contributed by atoms with Crippen LogP contribution < -0.4 is 5.32 Å². The van der Waals surface area contributed by atoms with E-state index in [4.69, 9.17) is 0 Å². The molecule has 0 atom stereocenters. The Kier molecular flexibility index (Phi) is 6.16. The molecule has 0 fully saturated rings. The molecule has 0 amide bonds. The van der Waals surface area contributed by atoms with Crippen LogP contribution in [0, 0.1) is 5.82 Å². The predicted octanol–water partition coefficient (Wildman–Crippen LogP) is 3.87. The van der Waals surface area contributed by atoms with Gasteiger partial charge in [-0.15, -0.1) is 11.3 Å². The highest BCUT2D eigenvalue weighted by molar-refractivity contribution is 9.10. The van der Waals surface area contributed by atoms with Gasteiger partial charge in [0.25, 0.3) is 0 Å². The van der Waals surface area contributed by atoms with E-state index in [9.17, 15) is 4.39 Å². The molecule has 0 unspecified atom stereocenters. The molecule has 1 aromatic carbocycles. The number of nitrogens with one attached hydrogen (secondary N) is 1. The Hall–Kier alpha value is -0.750. The van der Waals surface area contributed by atoms with Crippen LogP contribution in [0.1, 0.15) is 10.4 Å². The van der Waals surface area contributed by atoms with Gasteiger partial charge >= 0.3 is 0 Å². The molecule has 1 heterocycles. The number of thiophene rings is 1. The highest BCUT2D eigenvalue weighted by Crippen LogP contribution is 2.19. The summed E-state index contributed by atoms with van der Waals surface area (Å²) in [6, 6.07) is 8.83. The maximum absolute atomic E-state index is 12.8. The second kappa shape index (κ2) is 7.88. The zero-order chi connectivity index (χ0) is 14.4. The van der Waals surface area contributed by atoms with Crippen molar-refractivity contribution in [1.82, 2.24) is 10.2 Å². The topological polar surface area (TPSA) is 15.3 Å². The van der Waals surface area contributed by atoms with Gasteiger partial charge in [-0.2, -0.15) is 0 Å². The molecular formula is C15H18BrFN2S. The second-order valence-electron chi connectivity index (χ2n) is 4.77. The fourth-order valence-electron chi connectivity index (χ4n) is 1.91. The van der Waals surface area contributed by atoms with Crippen molar-refractivity contribution < 1.29 is 4.39 Å². The van der Waals surface area contributed by atoms with Gasteiger partial charge in [-0.05, 0) is 46.7 Å². The van der Waals surface area contributed by atoms with Crippen molar-refractivity contribution in [1.29, 1.82) is 0 Å². The van der Waals surface area contributed by atoms with E-state index in [1.165, 1.54) is 17.0 Å². The normalized spacial score (nSPS) is 11.2. The van der Waals surface area contributed by atoms with E-state index in [0.29, 0.717) is 0 Å². The molecule has 0 aliphatic rings. The molecular weight excluding hydrogens is 339 g/mol. The molecule has 2 nitrogen and oxygen atoms in total. The van der Waals surface area contributed by atoms with E-state index in [2.05, 4.69) is 44.6 Å². The van der Waals surface area contributed by atoms with Crippen LogP contribution in [0.3, 0.4) is 0 Å². The van der Waals surface area contributed by atoms with Crippen LogP contribution in [-0.4, -0.2) is 25.0 Å². The molecule has 0 aliphatic carbocycles. The Morgan fingerprint density at radius 3 is 2.70 bits per heavy atom. The SMILES string of the molecule is CN(CCNCc1cc(Br)cs1)Cc1ccc(F)cc1. The average Bonchev–Trinajstić information content (AvgIpc) is 2.83. The van der Waals surface area contributed by atoms with E-state index >= 15 is 0 Å². The minimum absolute atomic E-state index is 0.180. The van der Waals surface area contributed by atoms with Crippen LogP contribution in [0.5, 0.6) is 0 Å². The molecule has 1 aromatic heterocycles. The first-order valence-electron chi connectivity index (χ1n) is 6.50. The molecule has 0 radical (unpaired) electrons. The van der Waals surface area contributed by atoms with Crippen molar-refractivity contribution in [2.45, 2.75) is 13.1 Å². The summed E-state index contributed by atoms with van der Waals surface area (Å²) in [6.45, 7) is 3.64. The third-order valence-corrected chi connectivity index (χ3v) is 4.65. The summed E-state index contributed by atoms with van der Waals surface area (Å²) in [5.74, 6) is -0.180. The van der Waals surface area contributed by atoms with E-state index in [0.717, 1.165) is 36.2 Å². The number of hydrogen-bond acceptors (Lipinski definition) is 3. The Morgan fingerprint density at radius 1 is 1.30 bits per heavy atom. The fraction of sp³-hybridized carbons (Fsp3) is 0.333. The molecule has 0 bridgehead atoms. The summed E-state index contributed by atoms with van der Waals surface area (Å²) in [7, 11) is 2.08. The number of halogens is 2. The fourth-order valence-corrected chi connectivity index (χ4v) is 3.33. The summed E-state index contributed by atoms with van der Waals surface area (Å²) < 4.78 is 14.0. The predicted molar refractivity (Wildman–Crippen MR) is 86.5 cm³/mol. The Balaban J connectivity index is 1.65. The lowest BCUT2D eigenvalue weighted by atomic mass is 10.2. The first kappa shape index (κ1) is 15.6. The number of likely N-dealkylation sites (N-methyl/N-ethyl adjacent to an activating group) is 1. The van der Waals surface area contributed by atoms with Gasteiger partial charge in [0.05, 0.1) is 0 Å². The molecule has 108 valence electrons. The highest BCUT2D eigenvalue weighted by Gasteiger charge is 2.01. The second-order valence-corrected chi connectivity index (χ2v) is 6.68.